The Morgan fingerprint density at radius 1 is 1.33 bits per heavy atom. The van der Waals surface area contributed by atoms with Crippen LogP contribution in [-0.2, 0) is 27.4 Å². The molecule has 1 aromatic rings. The maximum absolute atomic E-state index is 12.5. The van der Waals surface area contributed by atoms with Crippen molar-refractivity contribution < 1.29 is 14.3 Å². The van der Waals surface area contributed by atoms with Gasteiger partial charge < -0.3 is 20.5 Å². The number of rotatable bonds is 6. The van der Waals surface area contributed by atoms with Gasteiger partial charge in [-0.15, -0.1) is 0 Å². The van der Waals surface area contributed by atoms with E-state index >= 15 is 0 Å². The molecule has 0 aliphatic carbocycles. The van der Waals surface area contributed by atoms with E-state index in [1.807, 2.05) is 24.3 Å². The summed E-state index contributed by atoms with van der Waals surface area (Å²) in [5.74, 6) is 0.0283. The van der Waals surface area contributed by atoms with Gasteiger partial charge in [-0.3, -0.25) is 4.79 Å². The second-order valence-corrected chi connectivity index (χ2v) is 5.48. The minimum Gasteiger partial charge on any atom is -0.381 e. The normalized spacial score (nSPS) is 17.4. The largest absolute Gasteiger partial charge is 0.381 e. The van der Waals surface area contributed by atoms with Crippen LogP contribution in [0.25, 0.3) is 0 Å². The second kappa shape index (κ2) is 7.54. The topological polar surface area (TPSA) is 73.6 Å². The van der Waals surface area contributed by atoms with E-state index in [0.29, 0.717) is 45.8 Å². The minimum atomic E-state index is -0.478. The number of amides is 1. The zero-order valence-electron chi connectivity index (χ0n) is 12.6. The molecule has 0 atom stereocenters. The Hall–Kier alpha value is -1.43. The molecular formula is C16H24N2O3. The van der Waals surface area contributed by atoms with Crippen LogP contribution in [0.2, 0.25) is 0 Å². The van der Waals surface area contributed by atoms with E-state index in [4.69, 9.17) is 15.2 Å². The molecule has 1 saturated heterocycles. The first-order valence-electron chi connectivity index (χ1n) is 7.34. The smallest absolute Gasteiger partial charge is 0.227 e. The average Bonchev–Trinajstić information content (AvgIpc) is 2.54. The zero-order chi connectivity index (χ0) is 15.1. The van der Waals surface area contributed by atoms with Gasteiger partial charge in [0.25, 0.3) is 0 Å². The van der Waals surface area contributed by atoms with Crippen LogP contribution in [-0.4, -0.2) is 32.8 Å². The Morgan fingerprint density at radius 3 is 2.62 bits per heavy atom. The monoisotopic (exact) mass is 292 g/mol. The minimum absolute atomic E-state index is 0.0283. The van der Waals surface area contributed by atoms with Gasteiger partial charge in [0.2, 0.25) is 5.91 Å². The van der Waals surface area contributed by atoms with Crippen molar-refractivity contribution in [3.8, 4) is 0 Å². The van der Waals surface area contributed by atoms with Gasteiger partial charge in [0.05, 0.1) is 12.0 Å². The lowest BCUT2D eigenvalue weighted by Crippen LogP contribution is -2.49. The molecule has 1 aliphatic heterocycles. The van der Waals surface area contributed by atoms with Gasteiger partial charge in [-0.05, 0) is 24.0 Å². The van der Waals surface area contributed by atoms with E-state index in [-0.39, 0.29) is 5.91 Å². The molecule has 1 heterocycles. The molecule has 1 aromatic carbocycles. The molecule has 0 spiro atoms. The van der Waals surface area contributed by atoms with Crippen molar-refractivity contribution in [1.82, 2.24) is 5.32 Å². The Bertz CT molecular complexity index is 470. The molecule has 0 aromatic heterocycles. The summed E-state index contributed by atoms with van der Waals surface area (Å²) >= 11 is 0. The summed E-state index contributed by atoms with van der Waals surface area (Å²) in [6.07, 6.45) is 1.38. The molecule has 0 radical (unpaired) electrons. The summed E-state index contributed by atoms with van der Waals surface area (Å²) in [7, 11) is 1.67. The number of nitrogens with one attached hydrogen (secondary N) is 1. The zero-order valence-corrected chi connectivity index (χ0v) is 12.6. The number of carbonyl (C=O) groups excluding carboxylic acids is 1. The molecule has 0 unspecified atom stereocenters. The summed E-state index contributed by atoms with van der Waals surface area (Å²) < 4.78 is 10.5. The summed E-state index contributed by atoms with van der Waals surface area (Å²) in [5.41, 5.74) is 7.54. The Morgan fingerprint density at radius 2 is 2.00 bits per heavy atom. The van der Waals surface area contributed by atoms with Crippen LogP contribution in [0.4, 0.5) is 0 Å². The quantitative estimate of drug-likeness (QED) is 0.826. The van der Waals surface area contributed by atoms with Crippen molar-refractivity contribution in [3.63, 3.8) is 0 Å². The number of methoxy groups -OCH3 is 1. The van der Waals surface area contributed by atoms with Crippen LogP contribution < -0.4 is 11.1 Å². The van der Waals surface area contributed by atoms with E-state index in [1.165, 1.54) is 0 Å². The van der Waals surface area contributed by atoms with Crippen LogP contribution in [0, 0.1) is 5.41 Å². The standard InChI is InChI=1S/C16H24N2O3/c1-20-11-14-5-3-2-4-13(14)10-18-15(19)16(12-17)6-8-21-9-7-16/h2-5H,6-12,17H2,1H3,(H,18,19). The summed E-state index contributed by atoms with van der Waals surface area (Å²) in [6, 6.07) is 7.96. The lowest BCUT2D eigenvalue weighted by atomic mass is 9.79. The highest BCUT2D eigenvalue weighted by Crippen LogP contribution is 2.29. The van der Waals surface area contributed by atoms with Gasteiger partial charge in [-0.1, -0.05) is 24.3 Å². The maximum atomic E-state index is 12.5. The van der Waals surface area contributed by atoms with Crippen molar-refractivity contribution >= 4 is 5.91 Å². The van der Waals surface area contributed by atoms with Crippen molar-refractivity contribution in [1.29, 1.82) is 0 Å². The Balaban J connectivity index is 2.00. The summed E-state index contributed by atoms with van der Waals surface area (Å²) in [6.45, 7) is 2.61. The first-order valence-corrected chi connectivity index (χ1v) is 7.34. The van der Waals surface area contributed by atoms with Gasteiger partial charge >= 0.3 is 0 Å². The van der Waals surface area contributed by atoms with Crippen molar-refractivity contribution in [2.24, 2.45) is 11.1 Å². The molecule has 116 valence electrons. The van der Waals surface area contributed by atoms with E-state index in [9.17, 15) is 4.79 Å². The third-order valence-electron chi connectivity index (χ3n) is 4.18. The van der Waals surface area contributed by atoms with Crippen LogP contribution in [0.15, 0.2) is 24.3 Å². The molecule has 1 fully saturated rings. The number of ether oxygens (including phenoxy) is 2. The summed E-state index contributed by atoms with van der Waals surface area (Å²) in [5, 5.41) is 3.03. The third kappa shape index (κ3) is 3.81. The van der Waals surface area contributed by atoms with E-state index in [2.05, 4.69) is 5.32 Å². The highest BCUT2D eigenvalue weighted by Gasteiger charge is 2.38. The van der Waals surface area contributed by atoms with Gasteiger partial charge in [0, 0.05) is 33.4 Å². The number of nitrogens with two attached hydrogens (primary N) is 1. The first-order chi connectivity index (χ1) is 10.2. The van der Waals surface area contributed by atoms with E-state index in [0.717, 1.165) is 11.1 Å². The van der Waals surface area contributed by atoms with Crippen molar-refractivity contribution in [2.45, 2.75) is 26.0 Å². The second-order valence-electron chi connectivity index (χ2n) is 5.48. The maximum Gasteiger partial charge on any atom is 0.227 e. The van der Waals surface area contributed by atoms with Gasteiger partial charge in [0.1, 0.15) is 0 Å². The van der Waals surface area contributed by atoms with E-state index < -0.39 is 5.41 Å². The number of hydrogen-bond donors (Lipinski definition) is 2. The van der Waals surface area contributed by atoms with Crippen LogP contribution in [0.1, 0.15) is 24.0 Å². The highest BCUT2D eigenvalue weighted by molar-refractivity contribution is 5.83. The van der Waals surface area contributed by atoms with Crippen molar-refractivity contribution in [3.05, 3.63) is 35.4 Å². The van der Waals surface area contributed by atoms with Crippen LogP contribution in [0.5, 0.6) is 0 Å². The van der Waals surface area contributed by atoms with Crippen LogP contribution >= 0.6 is 0 Å². The van der Waals surface area contributed by atoms with Gasteiger partial charge in [0.15, 0.2) is 0 Å². The SMILES string of the molecule is COCc1ccccc1CNC(=O)C1(CN)CCOCC1. The molecule has 0 saturated carbocycles. The van der Waals surface area contributed by atoms with Crippen molar-refractivity contribution in [2.75, 3.05) is 26.9 Å². The number of hydrogen-bond acceptors (Lipinski definition) is 4. The molecule has 2 rings (SSSR count). The average molecular weight is 292 g/mol. The molecule has 0 bridgehead atoms. The number of carbonyl (C=O) groups is 1. The first kappa shape index (κ1) is 15.9. The van der Waals surface area contributed by atoms with Crippen LogP contribution in [0.3, 0.4) is 0 Å². The van der Waals surface area contributed by atoms with Gasteiger partial charge in [-0.2, -0.15) is 0 Å². The molecule has 21 heavy (non-hydrogen) atoms. The predicted molar refractivity (Wildman–Crippen MR) is 80.5 cm³/mol. The predicted octanol–water partition coefficient (Wildman–Crippen LogP) is 1.20. The molecule has 5 nitrogen and oxygen atoms in total. The molecule has 1 amide bonds. The lowest BCUT2D eigenvalue weighted by Gasteiger charge is -2.34. The fourth-order valence-electron chi connectivity index (χ4n) is 2.68. The summed E-state index contributed by atoms with van der Waals surface area (Å²) in [4.78, 5) is 12.5. The molecular weight excluding hydrogens is 268 g/mol. The fourth-order valence-corrected chi connectivity index (χ4v) is 2.68. The number of benzene rings is 1. The molecule has 1 aliphatic rings. The van der Waals surface area contributed by atoms with Gasteiger partial charge in [-0.25, -0.2) is 0 Å². The molecule has 5 heteroatoms. The molecule has 3 N–H and O–H groups in total. The highest BCUT2D eigenvalue weighted by atomic mass is 16.5. The fraction of sp³-hybridized carbons (Fsp3) is 0.562. The van der Waals surface area contributed by atoms with E-state index in [1.54, 1.807) is 7.11 Å². The Labute approximate surface area is 125 Å². The lowest BCUT2D eigenvalue weighted by molar-refractivity contribution is -0.136. The Kier molecular flexibility index (Phi) is 5.73. The third-order valence-corrected chi connectivity index (χ3v) is 4.18.